The monoisotopic (exact) mass is 346 g/mol. The van der Waals surface area contributed by atoms with Crippen LogP contribution in [0.25, 0.3) is 0 Å². The first-order valence-corrected chi connectivity index (χ1v) is 6.71. The summed E-state index contributed by atoms with van der Waals surface area (Å²) in [7, 11) is 0. The van der Waals surface area contributed by atoms with Crippen LogP contribution >= 0.6 is 6.81 Å². The summed E-state index contributed by atoms with van der Waals surface area (Å²) in [5, 5.41) is 0. The maximum absolute atomic E-state index is 2.55. The Labute approximate surface area is 73.7 Å². The summed E-state index contributed by atoms with van der Waals surface area (Å²) in [4.78, 5) is 0. The van der Waals surface area contributed by atoms with Crippen LogP contribution < -0.4 is 0 Å². The van der Waals surface area contributed by atoms with Gasteiger partial charge in [-0.2, -0.15) is 0 Å². The van der Waals surface area contributed by atoms with E-state index in [9.17, 15) is 0 Å². The molecule has 0 aromatic carbocycles. The zero-order valence-corrected chi connectivity index (χ0v) is 5.61. The van der Waals surface area contributed by atoms with E-state index in [0.29, 0.717) is 0 Å². The van der Waals surface area contributed by atoms with Gasteiger partial charge in [0.2, 0.25) is 0 Å². The Kier molecular flexibility index (Phi) is 68.0. The summed E-state index contributed by atoms with van der Waals surface area (Å²) in [6.45, 7) is 2.55. The molecule has 0 amide bonds. The SMILES string of the molecule is [GaH3].[InH3].[PH2][SbH2]. The van der Waals surface area contributed by atoms with Crippen LogP contribution in [-0.2, 0) is 0 Å². The topological polar surface area (TPSA) is 0 Å². The van der Waals surface area contributed by atoms with Crippen LogP contribution in [0.3, 0.4) is 0 Å². The van der Waals surface area contributed by atoms with E-state index in [2.05, 4.69) is 6.81 Å². The van der Waals surface area contributed by atoms with Crippen LogP contribution in [0.2, 0.25) is 0 Å². The Morgan fingerprint density at radius 3 is 1.25 bits per heavy atom. The van der Waals surface area contributed by atoms with Crippen molar-refractivity contribution >= 4 is 74.9 Å². The molecule has 0 spiro atoms. The summed E-state index contributed by atoms with van der Waals surface area (Å²) >= 11 is 1.27. The predicted octanol–water partition coefficient (Wildman–Crippen LogP) is -2.96. The van der Waals surface area contributed by atoms with Gasteiger partial charge >= 0.3 is 74.9 Å². The summed E-state index contributed by atoms with van der Waals surface area (Å²) in [5.41, 5.74) is 0. The van der Waals surface area contributed by atoms with Gasteiger partial charge in [-0.25, -0.2) is 0 Å². The molecule has 4 heteroatoms. The second-order valence-corrected chi connectivity index (χ2v) is 0. The predicted molar refractivity (Wildman–Crippen MR) is 38.1 cm³/mol. The summed E-state index contributed by atoms with van der Waals surface area (Å²) in [6.07, 6.45) is 0. The normalized spacial score (nSPS) is 1.50. The van der Waals surface area contributed by atoms with Crippen molar-refractivity contribution in [3.05, 3.63) is 0 Å². The molecule has 0 heterocycles. The van der Waals surface area contributed by atoms with Crippen LogP contribution in [0, 0.1) is 0 Å². The molecule has 0 saturated heterocycles. The van der Waals surface area contributed by atoms with Crippen molar-refractivity contribution in [3.63, 3.8) is 0 Å². The van der Waals surface area contributed by atoms with Gasteiger partial charge in [-0.05, 0) is 0 Å². The first-order valence-electron chi connectivity index (χ1n) is 0.333. The molecule has 0 bridgehead atoms. The number of rotatable bonds is 0. The molecule has 0 radical (unpaired) electrons. The molecule has 0 aliphatic heterocycles. The Balaban J connectivity index is -0.00000000500. The van der Waals surface area contributed by atoms with E-state index >= 15 is 0 Å². The van der Waals surface area contributed by atoms with E-state index in [-0.39, 0.29) is 45.6 Å². The Hall–Kier alpha value is 2.75. The molecule has 0 fully saturated rings. The van der Waals surface area contributed by atoms with Gasteiger partial charge in [-0.15, -0.1) is 0 Å². The number of hydrogen-bond donors (Lipinski definition) is 0. The Morgan fingerprint density at radius 2 is 1.25 bits per heavy atom. The van der Waals surface area contributed by atoms with Gasteiger partial charge in [0.05, 0.1) is 0 Å². The third-order valence-corrected chi connectivity index (χ3v) is 0. The van der Waals surface area contributed by atoms with E-state index in [4.69, 9.17) is 0 Å². The molecule has 0 aromatic heterocycles. The first-order chi connectivity index (χ1) is 1.00. The molecule has 1 unspecified atom stereocenters. The van der Waals surface area contributed by atoms with Gasteiger partial charge in [0.15, 0.2) is 0 Å². The molecule has 0 rings (SSSR count). The molecule has 4 heavy (non-hydrogen) atoms. The zero-order valence-electron chi connectivity index (χ0n) is 1.15. The maximum atomic E-state index is 2.55. The molecule has 0 N–H and O–H groups in total. The van der Waals surface area contributed by atoms with Gasteiger partial charge in [-0.1, -0.05) is 0 Å². The fourth-order valence-electron chi connectivity index (χ4n) is 0. The minimum absolute atomic E-state index is 0. The van der Waals surface area contributed by atoms with Crippen molar-refractivity contribution < 1.29 is 0 Å². The summed E-state index contributed by atoms with van der Waals surface area (Å²) < 4.78 is 0. The second kappa shape index (κ2) is 17.1. The zero-order chi connectivity index (χ0) is 2.00. The Morgan fingerprint density at radius 1 is 1.25 bits per heavy atom. The van der Waals surface area contributed by atoms with Crippen molar-refractivity contribution in [1.82, 2.24) is 0 Å². The average molecular weight is 347 g/mol. The number of hydrogen-bond acceptors (Lipinski definition) is 0. The second-order valence-electron chi connectivity index (χ2n) is 0. The fourth-order valence-corrected chi connectivity index (χ4v) is 0. The van der Waals surface area contributed by atoms with Gasteiger partial charge in [0, 0.05) is 0 Å². The summed E-state index contributed by atoms with van der Waals surface area (Å²) in [5.74, 6) is 0. The molecule has 0 nitrogen and oxygen atoms in total. The fraction of sp³-hybridized carbons (Fsp3) is 0. The molecule has 0 saturated carbocycles. The molecular formula is H10GaInPSb. The quantitative estimate of drug-likeness (QED) is 0.325. The van der Waals surface area contributed by atoms with Crippen LogP contribution in [0.15, 0.2) is 0 Å². The Bertz CT molecular complexity index is 8.00. The first kappa shape index (κ1) is 15.9. The van der Waals surface area contributed by atoms with E-state index in [0.717, 1.165) is 0 Å². The molecule has 26 valence electrons. The van der Waals surface area contributed by atoms with Crippen molar-refractivity contribution in [3.8, 4) is 0 Å². The van der Waals surface area contributed by atoms with Gasteiger partial charge in [0.25, 0.3) is 0 Å². The van der Waals surface area contributed by atoms with Crippen molar-refractivity contribution in [1.29, 1.82) is 0 Å². The van der Waals surface area contributed by atoms with Gasteiger partial charge in [0.1, 0.15) is 0 Å². The van der Waals surface area contributed by atoms with Crippen LogP contribution in [0.4, 0.5) is 0 Å². The van der Waals surface area contributed by atoms with Crippen LogP contribution in [-0.4, -0.2) is 68.1 Å². The molecule has 0 aliphatic rings. The van der Waals surface area contributed by atoms with E-state index in [1.807, 2.05) is 0 Å². The molecule has 1 atom stereocenters. The minimum atomic E-state index is 0. The average Bonchev–Trinajstić information content (AvgIpc) is 1.00. The van der Waals surface area contributed by atoms with Crippen LogP contribution in [0.5, 0.6) is 0 Å². The third-order valence-electron chi connectivity index (χ3n) is 0. The van der Waals surface area contributed by atoms with Gasteiger partial charge < -0.3 is 0 Å². The van der Waals surface area contributed by atoms with Gasteiger partial charge in [-0.3, -0.25) is 0 Å². The van der Waals surface area contributed by atoms with E-state index in [1.165, 1.54) is 22.5 Å². The summed E-state index contributed by atoms with van der Waals surface area (Å²) in [6, 6.07) is 0. The standard InChI is InChI=1S/Ga.In.H2P.Sb.8H/h;;1H2;;;;;;;;;/q;;-1;+1;;;;;;;;. The molecule has 0 aliphatic carbocycles. The van der Waals surface area contributed by atoms with Crippen LogP contribution in [0.1, 0.15) is 0 Å². The van der Waals surface area contributed by atoms with Crippen molar-refractivity contribution in [2.24, 2.45) is 0 Å². The van der Waals surface area contributed by atoms with Crippen molar-refractivity contribution in [2.75, 3.05) is 0 Å². The molecule has 0 aromatic rings. The van der Waals surface area contributed by atoms with E-state index in [1.54, 1.807) is 0 Å². The third kappa shape index (κ3) is 8.83. The van der Waals surface area contributed by atoms with E-state index < -0.39 is 0 Å². The van der Waals surface area contributed by atoms with Crippen molar-refractivity contribution in [2.45, 2.75) is 0 Å². The molecular weight excluding hydrogens is 337 g/mol.